The Hall–Kier alpha value is -1.42. The molecule has 0 unspecified atom stereocenters. The van der Waals surface area contributed by atoms with Crippen LogP contribution in [-0.2, 0) is 9.47 Å². The normalized spacial score (nSPS) is 24.9. The third kappa shape index (κ3) is 2.01. The Bertz CT molecular complexity index is 403. The van der Waals surface area contributed by atoms with E-state index in [1.165, 1.54) is 0 Å². The van der Waals surface area contributed by atoms with E-state index < -0.39 is 5.23 Å². The Labute approximate surface area is 102 Å². The van der Waals surface area contributed by atoms with Crippen LogP contribution >= 0.6 is 0 Å². The fourth-order valence-corrected chi connectivity index (χ4v) is 1.91. The second-order valence-corrected chi connectivity index (χ2v) is 4.16. The smallest absolute Gasteiger partial charge is 0.108 e. The van der Waals surface area contributed by atoms with E-state index >= 15 is 0 Å². The summed E-state index contributed by atoms with van der Waals surface area (Å²) in [5.41, 5.74) is 0.714. The molecule has 0 aromatic heterocycles. The van der Waals surface area contributed by atoms with Gasteiger partial charge in [0.05, 0.1) is 13.2 Å². The molecule has 2 N–H and O–H groups in total. The van der Waals surface area contributed by atoms with Crippen LogP contribution in [0.3, 0.4) is 0 Å². The molecule has 2 aliphatic heterocycles. The van der Waals surface area contributed by atoms with E-state index in [9.17, 15) is 10.4 Å². The number of nitrogens with zero attached hydrogens (tertiary/aromatic N) is 2. The standard InChI is InChI=1S/C10H10N2O6/c13-11(14)7-2-8(12(15)16)6(10-4-18-10)1-5(7)9-3-17-9/h1-2,9-10,13-14H,3-4H2/q-2/t9-,10-/m1/s1. The van der Waals surface area contributed by atoms with Gasteiger partial charge >= 0.3 is 0 Å². The van der Waals surface area contributed by atoms with Gasteiger partial charge in [0.15, 0.2) is 0 Å². The number of hydrogen-bond acceptors (Lipinski definition) is 8. The van der Waals surface area contributed by atoms with Crippen LogP contribution in [0.5, 0.6) is 0 Å². The van der Waals surface area contributed by atoms with Crippen LogP contribution in [0, 0.1) is 10.4 Å². The number of anilines is 2. The number of benzene rings is 1. The molecule has 0 saturated carbocycles. The van der Waals surface area contributed by atoms with Crippen molar-refractivity contribution in [2.75, 3.05) is 23.7 Å². The van der Waals surface area contributed by atoms with Gasteiger partial charge in [0.1, 0.15) is 17.9 Å². The molecule has 3 rings (SSSR count). The summed E-state index contributed by atoms with van der Waals surface area (Å²) in [6.07, 6.45) is -0.539. The minimum Gasteiger partial charge on any atom is -0.769 e. The van der Waals surface area contributed by atoms with Gasteiger partial charge in [-0.1, -0.05) is 0 Å². The van der Waals surface area contributed by atoms with Crippen molar-refractivity contribution in [1.82, 2.24) is 0 Å². The molecule has 8 heteroatoms. The Morgan fingerprint density at radius 1 is 1.00 bits per heavy atom. The molecule has 2 fully saturated rings. The molecule has 0 aliphatic carbocycles. The van der Waals surface area contributed by atoms with Crippen LogP contribution in [0.4, 0.5) is 11.4 Å². The maximum absolute atomic E-state index is 11.0. The van der Waals surface area contributed by atoms with Crippen molar-refractivity contribution in [3.63, 3.8) is 0 Å². The molecule has 2 heterocycles. The molecular weight excluding hydrogens is 244 g/mol. The van der Waals surface area contributed by atoms with Gasteiger partial charge in [-0.05, 0) is 12.1 Å². The largest absolute Gasteiger partial charge is 0.769 e. The Balaban J connectivity index is 2.10. The molecule has 1 aromatic rings. The van der Waals surface area contributed by atoms with Gasteiger partial charge in [0.2, 0.25) is 0 Å². The first-order valence-corrected chi connectivity index (χ1v) is 5.31. The van der Waals surface area contributed by atoms with Gasteiger partial charge in [0, 0.05) is 16.8 Å². The van der Waals surface area contributed by atoms with Crippen molar-refractivity contribution in [2.45, 2.75) is 12.2 Å². The molecular formula is C10H10N2O6-2. The van der Waals surface area contributed by atoms with E-state index in [0.717, 1.165) is 6.07 Å². The highest BCUT2D eigenvalue weighted by Crippen LogP contribution is 2.44. The summed E-state index contributed by atoms with van der Waals surface area (Å²) < 4.78 is 10.1. The van der Waals surface area contributed by atoms with Crippen molar-refractivity contribution in [1.29, 1.82) is 0 Å². The van der Waals surface area contributed by atoms with Crippen molar-refractivity contribution in [2.24, 2.45) is 0 Å². The molecule has 0 bridgehead atoms. The molecule has 1 aromatic carbocycles. The van der Waals surface area contributed by atoms with Crippen LogP contribution in [0.1, 0.15) is 23.3 Å². The summed E-state index contributed by atoms with van der Waals surface area (Å²) in [6, 6.07) is 2.66. The molecule has 18 heavy (non-hydrogen) atoms. The number of hydrogen-bond donors (Lipinski definition) is 2. The first-order valence-electron chi connectivity index (χ1n) is 5.31. The monoisotopic (exact) mass is 254 g/mol. The van der Waals surface area contributed by atoms with Crippen molar-refractivity contribution in [3.8, 4) is 0 Å². The zero-order valence-electron chi connectivity index (χ0n) is 9.15. The van der Waals surface area contributed by atoms with E-state index in [-0.39, 0.29) is 28.8 Å². The van der Waals surface area contributed by atoms with Crippen LogP contribution < -0.4 is 10.5 Å². The second-order valence-electron chi connectivity index (χ2n) is 4.16. The van der Waals surface area contributed by atoms with Crippen LogP contribution in [0.25, 0.3) is 0 Å². The number of rotatable bonds is 4. The van der Waals surface area contributed by atoms with Crippen LogP contribution in [-0.4, -0.2) is 23.6 Å². The predicted octanol–water partition coefficient (Wildman–Crippen LogP) is 1.22. The van der Waals surface area contributed by atoms with E-state index in [4.69, 9.17) is 19.9 Å². The Morgan fingerprint density at radius 3 is 1.89 bits per heavy atom. The summed E-state index contributed by atoms with van der Waals surface area (Å²) >= 11 is 0. The summed E-state index contributed by atoms with van der Waals surface area (Å²) in [7, 11) is 0. The van der Waals surface area contributed by atoms with Crippen LogP contribution in [0.15, 0.2) is 12.1 Å². The van der Waals surface area contributed by atoms with Gasteiger partial charge in [-0.3, -0.25) is 10.4 Å². The lowest BCUT2D eigenvalue weighted by atomic mass is 10.0. The fourth-order valence-electron chi connectivity index (χ4n) is 1.91. The molecule has 0 spiro atoms. The molecule has 2 saturated heterocycles. The van der Waals surface area contributed by atoms with Gasteiger partial charge < -0.3 is 25.1 Å². The first kappa shape index (κ1) is 11.7. The van der Waals surface area contributed by atoms with Gasteiger partial charge in [-0.15, -0.1) is 5.23 Å². The predicted molar refractivity (Wildman–Crippen MR) is 59.1 cm³/mol. The highest BCUT2D eigenvalue weighted by molar-refractivity contribution is 5.68. The molecule has 8 nitrogen and oxygen atoms in total. The zero-order chi connectivity index (χ0) is 12.9. The third-order valence-electron chi connectivity index (χ3n) is 2.95. The average molecular weight is 254 g/mol. The first-order chi connectivity index (χ1) is 8.58. The fraction of sp³-hybridized carbons (Fsp3) is 0.400. The zero-order valence-corrected chi connectivity index (χ0v) is 9.15. The summed E-state index contributed by atoms with van der Waals surface area (Å²) in [5.74, 6) is 0. The Kier molecular flexibility index (Phi) is 2.63. The maximum Gasteiger partial charge on any atom is 0.108 e. The average Bonchev–Trinajstić information content (AvgIpc) is 3.16. The minimum absolute atomic E-state index is 0.0476. The molecule has 2 atom stereocenters. The highest BCUT2D eigenvalue weighted by atomic mass is 16.8. The van der Waals surface area contributed by atoms with Gasteiger partial charge in [-0.25, -0.2) is 0 Å². The molecule has 0 amide bonds. The van der Waals surface area contributed by atoms with E-state index in [1.54, 1.807) is 6.07 Å². The molecule has 0 radical (unpaired) electrons. The van der Waals surface area contributed by atoms with Crippen molar-refractivity contribution >= 4 is 11.4 Å². The quantitative estimate of drug-likeness (QED) is 0.608. The topological polar surface area (TPSA) is 118 Å². The Morgan fingerprint density at radius 2 is 1.50 bits per heavy atom. The number of ether oxygens (including phenoxy) is 2. The van der Waals surface area contributed by atoms with Gasteiger partial charge in [0.25, 0.3) is 0 Å². The SMILES string of the molecule is [O-]N([O-])c1cc(N(O)O)c([C@H]2CO2)cc1[C@H]1CO1. The van der Waals surface area contributed by atoms with Crippen LogP contribution in [0.2, 0.25) is 0 Å². The van der Waals surface area contributed by atoms with Crippen molar-refractivity contribution < 1.29 is 19.9 Å². The molecule has 98 valence electrons. The molecule has 2 aliphatic rings. The van der Waals surface area contributed by atoms with Gasteiger partial charge in [-0.2, -0.15) is 0 Å². The van der Waals surface area contributed by atoms with E-state index in [2.05, 4.69) is 0 Å². The van der Waals surface area contributed by atoms with E-state index in [0.29, 0.717) is 24.3 Å². The maximum atomic E-state index is 11.0. The lowest BCUT2D eigenvalue weighted by Gasteiger charge is -2.39. The minimum atomic E-state index is -0.568. The number of epoxide rings is 2. The lowest BCUT2D eigenvalue weighted by Crippen LogP contribution is -2.16. The van der Waals surface area contributed by atoms with Crippen molar-refractivity contribution in [3.05, 3.63) is 33.7 Å². The summed E-state index contributed by atoms with van der Waals surface area (Å²) in [4.78, 5) is 0. The second kappa shape index (κ2) is 4.05. The lowest BCUT2D eigenvalue weighted by molar-refractivity contribution is 0.0285. The summed E-state index contributed by atoms with van der Waals surface area (Å²) in [6.45, 7) is 0.900. The third-order valence-corrected chi connectivity index (χ3v) is 2.95. The van der Waals surface area contributed by atoms with E-state index in [1.807, 2.05) is 0 Å². The highest BCUT2D eigenvalue weighted by Gasteiger charge is 2.34. The summed E-state index contributed by atoms with van der Waals surface area (Å²) in [5, 5.41) is 39.5.